The number of hydrogen-bond acceptors (Lipinski definition) is 4. The highest BCUT2D eigenvalue weighted by molar-refractivity contribution is 5.72. The van der Waals surface area contributed by atoms with Gasteiger partial charge in [-0.3, -0.25) is 4.90 Å². The quantitative estimate of drug-likeness (QED) is 0.348. The maximum atomic E-state index is 14.0. The Morgan fingerprint density at radius 2 is 1.83 bits per heavy atom. The highest BCUT2D eigenvalue weighted by atomic mass is 19.4. The van der Waals surface area contributed by atoms with Crippen molar-refractivity contribution in [2.45, 2.75) is 12.2 Å². The van der Waals surface area contributed by atoms with Gasteiger partial charge in [-0.05, 0) is 29.3 Å². The van der Waals surface area contributed by atoms with Gasteiger partial charge in [-0.2, -0.15) is 18.3 Å². The number of piperazine rings is 1. The molecule has 8 heteroatoms. The first kappa shape index (κ1) is 26.1. The normalized spacial score (nSPS) is 17.2. The molecule has 0 aliphatic carbocycles. The number of halogens is 3. The molecule has 1 aromatic carbocycles. The van der Waals surface area contributed by atoms with E-state index in [1.807, 2.05) is 48.3 Å². The third-order valence-corrected chi connectivity index (χ3v) is 6.16. The Bertz CT molecular complexity index is 1110. The van der Waals surface area contributed by atoms with Crippen molar-refractivity contribution in [3.8, 4) is 11.1 Å². The Balaban J connectivity index is 1.83. The summed E-state index contributed by atoms with van der Waals surface area (Å²) in [6.07, 6.45) is 2.52. The summed E-state index contributed by atoms with van der Waals surface area (Å²) in [5.74, 6) is 0. The average Bonchev–Trinajstić information content (AvgIpc) is 3.27. The van der Waals surface area contributed by atoms with Crippen molar-refractivity contribution in [2.24, 2.45) is 5.10 Å². The standard InChI is InChI=1S/C27H32F3N5/c1-7-9-21(8-2)17-33-14-15-34(26(19-33)27(28,29)30)24-12-10-22(11-13-24)23-16-25(20(3)32(5)6)35(18-23)31-4/h7-13,16,18,26H,1-4,14-15,17,19H2,5-6H3/b21-9+. The Hall–Kier alpha value is -3.52. The van der Waals surface area contributed by atoms with Crippen LogP contribution >= 0.6 is 0 Å². The zero-order chi connectivity index (χ0) is 25.8. The first-order valence-corrected chi connectivity index (χ1v) is 11.2. The smallest absolute Gasteiger partial charge is 0.376 e. The van der Waals surface area contributed by atoms with E-state index in [1.165, 1.54) is 4.90 Å². The molecule has 0 saturated carbocycles. The Morgan fingerprint density at radius 1 is 1.14 bits per heavy atom. The van der Waals surface area contributed by atoms with Crippen molar-refractivity contribution in [3.63, 3.8) is 0 Å². The average molecular weight is 484 g/mol. The minimum Gasteiger partial charge on any atom is -0.376 e. The number of alkyl halides is 3. The van der Waals surface area contributed by atoms with Crippen LogP contribution in [0.3, 0.4) is 0 Å². The molecule has 186 valence electrons. The molecule has 1 aromatic heterocycles. The van der Waals surface area contributed by atoms with Crippen molar-refractivity contribution in [1.82, 2.24) is 14.5 Å². The van der Waals surface area contributed by atoms with Crippen LogP contribution < -0.4 is 4.90 Å². The summed E-state index contributed by atoms with van der Waals surface area (Å²) in [6.45, 7) is 16.2. The third-order valence-electron chi connectivity index (χ3n) is 6.16. The topological polar surface area (TPSA) is 27.0 Å². The van der Waals surface area contributed by atoms with Gasteiger partial charge in [0.15, 0.2) is 0 Å². The lowest BCUT2D eigenvalue weighted by Crippen LogP contribution is -2.59. The molecular weight excluding hydrogens is 451 g/mol. The predicted molar refractivity (Wildman–Crippen MR) is 140 cm³/mol. The largest absolute Gasteiger partial charge is 0.409 e. The number of allylic oxidation sites excluding steroid dienone is 2. The number of hydrogen-bond donors (Lipinski definition) is 0. The summed E-state index contributed by atoms with van der Waals surface area (Å²) in [6, 6.07) is 7.51. The van der Waals surface area contributed by atoms with Crippen LogP contribution in [0.1, 0.15) is 5.69 Å². The van der Waals surface area contributed by atoms with E-state index in [-0.39, 0.29) is 13.1 Å². The summed E-state index contributed by atoms with van der Waals surface area (Å²) in [5.41, 5.74) is 4.70. The number of rotatable bonds is 9. The molecule has 1 aliphatic rings. The van der Waals surface area contributed by atoms with Gasteiger partial charge < -0.3 is 9.80 Å². The second kappa shape index (κ2) is 10.8. The van der Waals surface area contributed by atoms with Crippen molar-refractivity contribution in [2.75, 3.05) is 45.2 Å². The summed E-state index contributed by atoms with van der Waals surface area (Å²) in [7, 11) is 3.78. The molecule has 0 amide bonds. The molecule has 1 unspecified atom stereocenters. The summed E-state index contributed by atoms with van der Waals surface area (Å²) < 4.78 is 43.8. The second-order valence-corrected chi connectivity index (χ2v) is 8.66. The van der Waals surface area contributed by atoms with E-state index in [4.69, 9.17) is 0 Å². The molecule has 5 nitrogen and oxygen atoms in total. The van der Waals surface area contributed by atoms with Crippen LogP contribution in [0, 0.1) is 0 Å². The lowest BCUT2D eigenvalue weighted by molar-refractivity contribution is -0.156. The van der Waals surface area contributed by atoms with E-state index >= 15 is 0 Å². The molecular formula is C27H32F3N5. The molecule has 1 atom stereocenters. The summed E-state index contributed by atoms with van der Waals surface area (Å²) in [4.78, 5) is 5.14. The fourth-order valence-corrected chi connectivity index (χ4v) is 4.18. The first-order chi connectivity index (χ1) is 16.6. The van der Waals surface area contributed by atoms with Crippen molar-refractivity contribution in [3.05, 3.63) is 85.8 Å². The van der Waals surface area contributed by atoms with E-state index in [1.54, 1.807) is 35.0 Å². The third kappa shape index (κ3) is 5.95. The number of nitrogens with zero attached hydrogens (tertiary/aromatic N) is 5. The molecule has 0 bridgehead atoms. The molecule has 1 aliphatic heterocycles. The molecule has 35 heavy (non-hydrogen) atoms. The fraction of sp³-hybridized carbons (Fsp3) is 0.296. The molecule has 3 rings (SSSR count). The van der Waals surface area contributed by atoms with Crippen LogP contribution in [0.2, 0.25) is 0 Å². The Kier molecular flexibility index (Phi) is 8.07. The predicted octanol–water partition coefficient (Wildman–Crippen LogP) is 5.50. The number of benzene rings is 1. The monoisotopic (exact) mass is 483 g/mol. The van der Waals surface area contributed by atoms with E-state index in [0.29, 0.717) is 18.8 Å². The van der Waals surface area contributed by atoms with Crippen molar-refractivity contribution >= 4 is 18.1 Å². The van der Waals surface area contributed by atoms with E-state index in [0.717, 1.165) is 28.1 Å². The lowest BCUT2D eigenvalue weighted by atomic mass is 10.1. The van der Waals surface area contributed by atoms with Crippen molar-refractivity contribution in [1.29, 1.82) is 0 Å². The van der Waals surface area contributed by atoms with E-state index in [2.05, 4.69) is 31.6 Å². The SMILES string of the molecule is C=C/C=C(\C=C)CN1CCN(c2ccc(-c3cc(C(=C)N(C)C)n(N=C)c3)cc2)C(C(F)(F)F)C1. The molecule has 0 radical (unpaired) electrons. The molecule has 0 N–H and O–H groups in total. The number of anilines is 1. The summed E-state index contributed by atoms with van der Waals surface area (Å²) >= 11 is 0. The van der Waals surface area contributed by atoms with Gasteiger partial charge in [0.1, 0.15) is 6.04 Å². The van der Waals surface area contributed by atoms with Gasteiger partial charge in [0, 0.05) is 64.4 Å². The van der Waals surface area contributed by atoms with Gasteiger partial charge >= 0.3 is 6.18 Å². The Morgan fingerprint density at radius 3 is 2.37 bits per heavy atom. The van der Waals surface area contributed by atoms with Crippen LogP contribution in [0.15, 0.2) is 85.2 Å². The molecule has 2 heterocycles. The second-order valence-electron chi connectivity index (χ2n) is 8.66. The summed E-state index contributed by atoms with van der Waals surface area (Å²) in [5, 5.41) is 4.02. The lowest BCUT2D eigenvalue weighted by Gasteiger charge is -2.43. The minimum absolute atomic E-state index is 0.114. The molecule has 1 fully saturated rings. The number of aromatic nitrogens is 1. The van der Waals surface area contributed by atoms with Gasteiger partial charge in [-0.25, -0.2) is 4.68 Å². The molecule has 0 spiro atoms. The van der Waals surface area contributed by atoms with Gasteiger partial charge in [0.25, 0.3) is 0 Å². The Labute approximate surface area is 205 Å². The maximum absolute atomic E-state index is 14.0. The van der Waals surface area contributed by atoms with Gasteiger partial charge in [-0.1, -0.05) is 50.1 Å². The van der Waals surface area contributed by atoms with E-state index in [9.17, 15) is 13.2 Å². The van der Waals surface area contributed by atoms with Crippen LogP contribution in [0.4, 0.5) is 18.9 Å². The van der Waals surface area contributed by atoms with E-state index < -0.39 is 12.2 Å². The van der Waals surface area contributed by atoms with Crippen LogP contribution in [0.25, 0.3) is 16.8 Å². The van der Waals surface area contributed by atoms with Gasteiger partial charge in [-0.15, -0.1) is 0 Å². The molecule has 2 aromatic rings. The van der Waals surface area contributed by atoms with Gasteiger partial charge in [0.05, 0.1) is 11.4 Å². The van der Waals surface area contributed by atoms with Crippen molar-refractivity contribution < 1.29 is 13.2 Å². The zero-order valence-electron chi connectivity index (χ0n) is 20.3. The molecule has 1 saturated heterocycles. The minimum atomic E-state index is -4.36. The van der Waals surface area contributed by atoms with Crippen LogP contribution in [0.5, 0.6) is 0 Å². The highest BCUT2D eigenvalue weighted by Crippen LogP contribution is 2.34. The zero-order valence-corrected chi connectivity index (χ0v) is 20.3. The maximum Gasteiger partial charge on any atom is 0.409 e. The first-order valence-electron chi connectivity index (χ1n) is 11.2. The highest BCUT2D eigenvalue weighted by Gasteiger charge is 2.46. The van der Waals surface area contributed by atoms with Crippen LogP contribution in [-0.4, -0.2) is 73.7 Å². The van der Waals surface area contributed by atoms with Gasteiger partial charge in [0.2, 0.25) is 0 Å². The van der Waals surface area contributed by atoms with Crippen LogP contribution in [-0.2, 0) is 0 Å². The fourth-order valence-electron chi connectivity index (χ4n) is 4.18.